The van der Waals surface area contributed by atoms with Gasteiger partial charge in [-0.05, 0) is 60.5 Å². The zero-order chi connectivity index (χ0) is 28.9. The molecule has 0 radical (unpaired) electrons. The van der Waals surface area contributed by atoms with Gasteiger partial charge in [-0.2, -0.15) is 13.2 Å². The smallest absolute Gasteiger partial charge is 0.453 e. The highest BCUT2D eigenvalue weighted by Gasteiger charge is 2.40. The summed E-state index contributed by atoms with van der Waals surface area (Å²) in [6.07, 6.45) is -4.58. The van der Waals surface area contributed by atoms with Gasteiger partial charge in [0.1, 0.15) is 22.8 Å². The Morgan fingerprint density at radius 2 is 1.55 bits per heavy atom. The molecular formula is C29H23F3O8. The Labute approximate surface area is 225 Å². The lowest BCUT2D eigenvalue weighted by molar-refractivity contribution is -0.154. The lowest BCUT2D eigenvalue weighted by atomic mass is 10.1. The molecule has 8 nitrogen and oxygen atoms in total. The minimum Gasteiger partial charge on any atom is -0.497 e. The van der Waals surface area contributed by atoms with E-state index in [0.29, 0.717) is 17.7 Å². The molecule has 0 saturated heterocycles. The molecule has 0 aliphatic rings. The van der Waals surface area contributed by atoms with Crippen LogP contribution in [-0.2, 0) is 22.1 Å². The normalized spacial score (nSPS) is 11.2. The fraction of sp³-hybridized carbons (Fsp3) is 0.207. The largest absolute Gasteiger partial charge is 0.497 e. The monoisotopic (exact) mass is 556 g/mol. The molecule has 0 N–H and O–H groups in total. The highest BCUT2D eigenvalue weighted by Crippen LogP contribution is 2.38. The summed E-state index contributed by atoms with van der Waals surface area (Å²) in [6, 6.07) is 15.2. The number of benzene rings is 3. The number of carbonyl (C=O) groups excluding carboxylic acids is 2. The van der Waals surface area contributed by atoms with E-state index < -0.39 is 40.6 Å². The molecule has 208 valence electrons. The third kappa shape index (κ3) is 6.60. The van der Waals surface area contributed by atoms with Gasteiger partial charge in [-0.1, -0.05) is 19.1 Å². The predicted octanol–water partition coefficient (Wildman–Crippen LogP) is 6.33. The highest BCUT2D eigenvalue weighted by molar-refractivity contribution is 5.89. The highest BCUT2D eigenvalue weighted by atomic mass is 19.4. The third-order valence-corrected chi connectivity index (χ3v) is 5.57. The van der Waals surface area contributed by atoms with Crippen molar-refractivity contribution in [3.05, 3.63) is 93.8 Å². The van der Waals surface area contributed by atoms with Gasteiger partial charge in [0.05, 0.1) is 31.1 Å². The molecule has 1 aromatic heterocycles. The summed E-state index contributed by atoms with van der Waals surface area (Å²) in [7, 11) is 1.51. The van der Waals surface area contributed by atoms with E-state index in [4.69, 9.17) is 23.4 Å². The maximum atomic E-state index is 13.9. The van der Waals surface area contributed by atoms with E-state index >= 15 is 0 Å². The molecule has 0 spiro atoms. The second-order valence-corrected chi connectivity index (χ2v) is 8.51. The number of esters is 2. The maximum absolute atomic E-state index is 13.9. The van der Waals surface area contributed by atoms with Crippen molar-refractivity contribution in [2.45, 2.75) is 25.9 Å². The van der Waals surface area contributed by atoms with Gasteiger partial charge in [0.15, 0.2) is 0 Å². The summed E-state index contributed by atoms with van der Waals surface area (Å²) in [5, 5.41) is -0.224. The molecule has 0 atom stereocenters. The van der Waals surface area contributed by atoms with Crippen LogP contribution in [0.3, 0.4) is 0 Å². The Morgan fingerprint density at radius 1 is 0.900 bits per heavy atom. The number of ether oxygens (including phenoxy) is 4. The molecular weight excluding hydrogens is 533 g/mol. The first-order valence-electron chi connectivity index (χ1n) is 12.1. The van der Waals surface area contributed by atoms with E-state index in [-0.39, 0.29) is 35.5 Å². The van der Waals surface area contributed by atoms with E-state index in [0.717, 1.165) is 6.07 Å². The number of alkyl halides is 3. The first kappa shape index (κ1) is 28.2. The van der Waals surface area contributed by atoms with Crippen molar-refractivity contribution in [2.75, 3.05) is 13.7 Å². The first-order chi connectivity index (χ1) is 19.1. The Kier molecular flexibility index (Phi) is 8.42. The minimum atomic E-state index is -5.09. The van der Waals surface area contributed by atoms with Crippen LogP contribution in [0.4, 0.5) is 13.2 Å². The van der Waals surface area contributed by atoms with Crippen molar-refractivity contribution in [2.24, 2.45) is 0 Å². The lowest BCUT2D eigenvalue weighted by Crippen LogP contribution is -2.16. The zero-order valence-corrected chi connectivity index (χ0v) is 21.4. The van der Waals surface area contributed by atoms with Gasteiger partial charge in [-0.3, -0.25) is 9.59 Å². The van der Waals surface area contributed by atoms with Gasteiger partial charge in [0.25, 0.3) is 5.76 Å². The van der Waals surface area contributed by atoms with Crippen LogP contribution in [-0.4, -0.2) is 25.7 Å². The van der Waals surface area contributed by atoms with Crippen LogP contribution < -0.4 is 19.6 Å². The number of hydrogen-bond acceptors (Lipinski definition) is 8. The summed E-state index contributed by atoms with van der Waals surface area (Å²) < 4.78 is 67.3. The van der Waals surface area contributed by atoms with E-state index in [9.17, 15) is 27.6 Å². The van der Waals surface area contributed by atoms with E-state index in [1.807, 2.05) is 6.92 Å². The van der Waals surface area contributed by atoms with Gasteiger partial charge in [-0.15, -0.1) is 0 Å². The van der Waals surface area contributed by atoms with Crippen molar-refractivity contribution in [3.8, 4) is 23.0 Å². The van der Waals surface area contributed by atoms with Crippen molar-refractivity contribution < 1.29 is 46.1 Å². The number of fused-ring (bicyclic) bond motifs is 1. The summed E-state index contributed by atoms with van der Waals surface area (Å²) >= 11 is 0. The topological polar surface area (TPSA) is 101 Å². The SMILES string of the molecule is CCCOC(=O)c1ccc(Oc2c(C(F)(F)F)oc3cc(OC(=O)Cc4ccc(OC)cc4)ccc3c2=O)cc1. The number of hydrogen-bond donors (Lipinski definition) is 0. The van der Waals surface area contributed by atoms with Crippen LogP contribution in [0, 0.1) is 0 Å². The Balaban J connectivity index is 1.59. The average Bonchev–Trinajstić information content (AvgIpc) is 2.93. The maximum Gasteiger partial charge on any atom is 0.453 e. The Hall–Kier alpha value is -4.80. The van der Waals surface area contributed by atoms with Gasteiger partial charge in [0.2, 0.25) is 11.2 Å². The van der Waals surface area contributed by atoms with Crippen molar-refractivity contribution >= 4 is 22.9 Å². The number of carbonyl (C=O) groups is 2. The molecule has 11 heteroatoms. The molecule has 0 aliphatic heterocycles. The van der Waals surface area contributed by atoms with Crippen molar-refractivity contribution in [1.82, 2.24) is 0 Å². The van der Waals surface area contributed by atoms with E-state index in [1.54, 1.807) is 24.3 Å². The van der Waals surface area contributed by atoms with Gasteiger partial charge >= 0.3 is 18.1 Å². The molecule has 4 rings (SSSR count). The standard InChI is InChI=1S/C29H23F3O8/c1-3-14-37-28(35)18-6-10-20(11-7-18)39-26-25(34)22-13-12-21(16-23(22)40-27(26)29(30,31)32)38-24(33)15-17-4-8-19(36-2)9-5-17/h4-13,16H,3,14-15H2,1-2H3. The molecule has 0 saturated carbocycles. The number of rotatable bonds is 9. The molecule has 0 unspecified atom stereocenters. The number of methoxy groups -OCH3 is 1. The van der Waals surface area contributed by atoms with Gasteiger partial charge in [0, 0.05) is 6.07 Å². The fourth-order valence-corrected chi connectivity index (χ4v) is 3.63. The third-order valence-electron chi connectivity index (χ3n) is 5.57. The summed E-state index contributed by atoms with van der Waals surface area (Å²) in [5.41, 5.74) is -0.744. The first-order valence-corrected chi connectivity index (χ1v) is 12.1. The summed E-state index contributed by atoms with van der Waals surface area (Å²) in [4.78, 5) is 37.4. The average molecular weight is 556 g/mol. The second-order valence-electron chi connectivity index (χ2n) is 8.51. The Bertz CT molecular complexity index is 1570. The van der Waals surface area contributed by atoms with E-state index in [2.05, 4.69) is 0 Å². The fourth-order valence-electron chi connectivity index (χ4n) is 3.63. The quantitative estimate of drug-likeness (QED) is 0.174. The van der Waals surface area contributed by atoms with E-state index in [1.165, 1.54) is 43.5 Å². The van der Waals surface area contributed by atoms with Crippen molar-refractivity contribution in [1.29, 1.82) is 0 Å². The minimum absolute atomic E-state index is 0.109. The lowest BCUT2D eigenvalue weighted by Gasteiger charge is -2.14. The second kappa shape index (κ2) is 11.9. The van der Waals surface area contributed by atoms with Crippen molar-refractivity contribution in [3.63, 3.8) is 0 Å². The van der Waals surface area contributed by atoms with Crippen LogP contribution >= 0.6 is 0 Å². The van der Waals surface area contributed by atoms with Crippen LogP contribution in [0.25, 0.3) is 11.0 Å². The van der Waals surface area contributed by atoms with Crippen LogP contribution in [0.5, 0.6) is 23.0 Å². The zero-order valence-electron chi connectivity index (χ0n) is 21.4. The Morgan fingerprint density at radius 3 is 2.17 bits per heavy atom. The molecule has 0 aliphatic carbocycles. The molecule has 0 fully saturated rings. The van der Waals surface area contributed by atoms with Gasteiger partial charge < -0.3 is 23.4 Å². The molecule has 0 bridgehead atoms. The molecule has 0 amide bonds. The van der Waals surface area contributed by atoms with Gasteiger partial charge in [-0.25, -0.2) is 4.79 Å². The summed E-state index contributed by atoms with van der Waals surface area (Å²) in [5.74, 6) is -3.66. The summed E-state index contributed by atoms with van der Waals surface area (Å²) in [6.45, 7) is 2.04. The molecule has 1 heterocycles. The molecule has 40 heavy (non-hydrogen) atoms. The molecule has 3 aromatic carbocycles. The van der Waals surface area contributed by atoms with Crippen LogP contribution in [0.2, 0.25) is 0 Å². The number of halogens is 3. The van der Waals surface area contributed by atoms with Crippen LogP contribution in [0.1, 0.15) is 35.0 Å². The molecule has 4 aromatic rings. The van der Waals surface area contributed by atoms with Crippen LogP contribution in [0.15, 0.2) is 75.9 Å². The predicted molar refractivity (Wildman–Crippen MR) is 137 cm³/mol.